The van der Waals surface area contributed by atoms with E-state index in [-0.39, 0.29) is 12.1 Å². The SMILES string of the molecule is CCCNC(C)(CO)CN(CC1CC1)C(C)C. The van der Waals surface area contributed by atoms with Gasteiger partial charge >= 0.3 is 0 Å². The highest BCUT2D eigenvalue weighted by Crippen LogP contribution is 2.30. The van der Waals surface area contributed by atoms with Gasteiger partial charge in [-0.3, -0.25) is 4.90 Å². The fourth-order valence-corrected chi connectivity index (χ4v) is 2.13. The van der Waals surface area contributed by atoms with Crippen LogP contribution in [0.4, 0.5) is 0 Å². The molecule has 3 heteroatoms. The Balaban J connectivity index is 2.48. The van der Waals surface area contributed by atoms with E-state index in [9.17, 15) is 5.11 Å². The van der Waals surface area contributed by atoms with E-state index >= 15 is 0 Å². The molecule has 0 aliphatic heterocycles. The van der Waals surface area contributed by atoms with E-state index in [1.807, 2.05) is 0 Å². The zero-order valence-electron chi connectivity index (χ0n) is 12.0. The van der Waals surface area contributed by atoms with Crippen molar-refractivity contribution in [3.8, 4) is 0 Å². The number of hydrogen-bond acceptors (Lipinski definition) is 3. The minimum absolute atomic E-state index is 0.158. The lowest BCUT2D eigenvalue weighted by Gasteiger charge is -2.37. The molecule has 1 aliphatic rings. The van der Waals surface area contributed by atoms with Gasteiger partial charge in [0.15, 0.2) is 0 Å². The van der Waals surface area contributed by atoms with E-state index in [0.29, 0.717) is 6.04 Å². The Morgan fingerprint density at radius 1 is 1.41 bits per heavy atom. The second-order valence-electron chi connectivity index (χ2n) is 6.11. The van der Waals surface area contributed by atoms with Crippen LogP contribution in [-0.4, -0.2) is 47.8 Å². The average molecular weight is 242 g/mol. The van der Waals surface area contributed by atoms with Gasteiger partial charge in [0.05, 0.1) is 12.1 Å². The minimum atomic E-state index is -0.158. The van der Waals surface area contributed by atoms with Crippen molar-refractivity contribution < 1.29 is 5.11 Å². The van der Waals surface area contributed by atoms with Crippen molar-refractivity contribution in [2.45, 2.75) is 58.5 Å². The topological polar surface area (TPSA) is 35.5 Å². The second-order valence-corrected chi connectivity index (χ2v) is 6.11. The molecule has 0 heterocycles. The number of aliphatic hydroxyl groups is 1. The summed E-state index contributed by atoms with van der Waals surface area (Å²) in [5, 5.41) is 13.1. The van der Waals surface area contributed by atoms with Gasteiger partial charge in [0.2, 0.25) is 0 Å². The summed E-state index contributed by atoms with van der Waals surface area (Å²) in [6.45, 7) is 12.1. The largest absolute Gasteiger partial charge is 0.394 e. The Labute approximate surface area is 107 Å². The van der Waals surface area contributed by atoms with Crippen LogP contribution in [0, 0.1) is 5.92 Å². The zero-order valence-corrected chi connectivity index (χ0v) is 12.0. The summed E-state index contributed by atoms with van der Waals surface area (Å²) in [5.74, 6) is 0.909. The van der Waals surface area contributed by atoms with Crippen LogP contribution in [0.1, 0.15) is 47.0 Å². The molecule has 2 N–H and O–H groups in total. The lowest BCUT2D eigenvalue weighted by atomic mass is 10.0. The van der Waals surface area contributed by atoms with Crippen LogP contribution >= 0.6 is 0 Å². The molecule has 0 amide bonds. The Bertz CT molecular complexity index is 216. The third-order valence-electron chi connectivity index (χ3n) is 3.62. The molecule has 0 aromatic heterocycles. The highest BCUT2D eigenvalue weighted by atomic mass is 16.3. The molecule has 1 unspecified atom stereocenters. The van der Waals surface area contributed by atoms with Crippen LogP contribution in [0.2, 0.25) is 0 Å². The molecule has 0 bridgehead atoms. The molecule has 1 atom stereocenters. The molecule has 1 rings (SSSR count). The minimum Gasteiger partial charge on any atom is -0.394 e. The van der Waals surface area contributed by atoms with Crippen LogP contribution in [0.25, 0.3) is 0 Å². The Kier molecular flexibility index (Phi) is 5.90. The molecule has 0 saturated heterocycles. The Hall–Kier alpha value is -0.120. The van der Waals surface area contributed by atoms with Gasteiger partial charge in [0.1, 0.15) is 0 Å². The van der Waals surface area contributed by atoms with Gasteiger partial charge in [-0.1, -0.05) is 6.92 Å². The summed E-state index contributed by atoms with van der Waals surface area (Å²) in [4.78, 5) is 2.51. The summed E-state index contributed by atoms with van der Waals surface area (Å²) in [6.07, 6.45) is 3.89. The highest BCUT2D eigenvalue weighted by Gasteiger charge is 2.31. The zero-order chi connectivity index (χ0) is 12.9. The Morgan fingerprint density at radius 3 is 2.47 bits per heavy atom. The van der Waals surface area contributed by atoms with Gasteiger partial charge in [-0.15, -0.1) is 0 Å². The maximum atomic E-state index is 9.60. The monoisotopic (exact) mass is 242 g/mol. The summed E-state index contributed by atoms with van der Waals surface area (Å²) < 4.78 is 0. The van der Waals surface area contributed by atoms with Gasteiger partial charge in [-0.2, -0.15) is 0 Å². The predicted octanol–water partition coefficient (Wildman–Crippen LogP) is 1.86. The predicted molar refractivity (Wildman–Crippen MR) is 73.2 cm³/mol. The van der Waals surface area contributed by atoms with Gasteiger partial charge < -0.3 is 10.4 Å². The summed E-state index contributed by atoms with van der Waals surface area (Å²) >= 11 is 0. The van der Waals surface area contributed by atoms with Crippen molar-refractivity contribution >= 4 is 0 Å². The lowest BCUT2D eigenvalue weighted by molar-refractivity contribution is 0.0999. The van der Waals surface area contributed by atoms with Crippen molar-refractivity contribution in [2.75, 3.05) is 26.2 Å². The van der Waals surface area contributed by atoms with E-state index in [2.05, 4.69) is 37.9 Å². The molecule has 1 aliphatic carbocycles. The molecular formula is C14H30N2O. The van der Waals surface area contributed by atoms with Crippen LogP contribution in [-0.2, 0) is 0 Å². The normalized spacial score (nSPS) is 19.9. The molecule has 102 valence electrons. The van der Waals surface area contributed by atoms with Crippen LogP contribution < -0.4 is 5.32 Å². The van der Waals surface area contributed by atoms with Gasteiger partial charge in [-0.25, -0.2) is 0 Å². The molecule has 3 nitrogen and oxygen atoms in total. The number of nitrogens with zero attached hydrogens (tertiary/aromatic N) is 1. The first-order valence-corrected chi connectivity index (χ1v) is 7.10. The van der Waals surface area contributed by atoms with E-state index in [4.69, 9.17) is 0 Å². The second kappa shape index (κ2) is 6.72. The molecule has 1 fully saturated rings. The first-order chi connectivity index (χ1) is 8.00. The quantitative estimate of drug-likeness (QED) is 0.648. The maximum Gasteiger partial charge on any atom is 0.0623 e. The van der Waals surface area contributed by atoms with E-state index in [1.165, 1.54) is 19.4 Å². The van der Waals surface area contributed by atoms with Crippen LogP contribution in [0.15, 0.2) is 0 Å². The van der Waals surface area contributed by atoms with Gasteiger partial charge in [0, 0.05) is 19.1 Å². The number of hydrogen-bond donors (Lipinski definition) is 2. The molecule has 1 saturated carbocycles. The Morgan fingerprint density at radius 2 is 2.06 bits per heavy atom. The number of nitrogens with one attached hydrogen (secondary N) is 1. The van der Waals surface area contributed by atoms with Gasteiger partial charge in [0.25, 0.3) is 0 Å². The fraction of sp³-hybridized carbons (Fsp3) is 1.00. The molecule has 0 radical (unpaired) electrons. The lowest BCUT2D eigenvalue weighted by Crippen LogP contribution is -2.55. The van der Waals surface area contributed by atoms with Gasteiger partial charge in [-0.05, 0) is 52.5 Å². The first-order valence-electron chi connectivity index (χ1n) is 7.10. The fourth-order valence-electron chi connectivity index (χ4n) is 2.13. The third kappa shape index (κ3) is 5.36. The van der Waals surface area contributed by atoms with Crippen LogP contribution in [0.3, 0.4) is 0 Å². The summed E-state index contributed by atoms with van der Waals surface area (Å²) in [6, 6.07) is 0.560. The number of aliphatic hydroxyl groups excluding tert-OH is 1. The van der Waals surface area contributed by atoms with Crippen molar-refractivity contribution in [3.63, 3.8) is 0 Å². The van der Waals surface area contributed by atoms with E-state index in [0.717, 1.165) is 25.4 Å². The van der Waals surface area contributed by atoms with Crippen molar-refractivity contribution in [1.82, 2.24) is 10.2 Å². The molecule has 0 aromatic carbocycles. The smallest absolute Gasteiger partial charge is 0.0623 e. The number of rotatable bonds is 9. The molecule has 17 heavy (non-hydrogen) atoms. The van der Waals surface area contributed by atoms with Crippen LogP contribution in [0.5, 0.6) is 0 Å². The maximum absolute atomic E-state index is 9.60. The van der Waals surface area contributed by atoms with E-state index < -0.39 is 0 Å². The average Bonchev–Trinajstić information content (AvgIpc) is 3.09. The van der Waals surface area contributed by atoms with Crippen molar-refractivity contribution in [3.05, 3.63) is 0 Å². The molecule has 0 spiro atoms. The summed E-state index contributed by atoms with van der Waals surface area (Å²) in [5.41, 5.74) is -0.158. The van der Waals surface area contributed by atoms with Crippen molar-refractivity contribution in [2.24, 2.45) is 5.92 Å². The van der Waals surface area contributed by atoms with E-state index in [1.54, 1.807) is 0 Å². The van der Waals surface area contributed by atoms with Crippen molar-refractivity contribution in [1.29, 1.82) is 0 Å². The standard InChI is InChI=1S/C14H30N2O/c1-5-8-15-14(4,11-17)10-16(12(2)3)9-13-6-7-13/h12-13,15,17H,5-11H2,1-4H3. The summed E-state index contributed by atoms with van der Waals surface area (Å²) in [7, 11) is 0. The first kappa shape index (κ1) is 14.9. The molecular weight excluding hydrogens is 212 g/mol. The third-order valence-corrected chi connectivity index (χ3v) is 3.62. The molecule has 0 aromatic rings. The highest BCUT2D eigenvalue weighted by molar-refractivity contribution is 4.89.